The molecule has 0 aliphatic rings. The topological polar surface area (TPSA) is 42.0 Å². The van der Waals surface area contributed by atoms with Crippen LogP contribution in [0.5, 0.6) is 0 Å². The summed E-state index contributed by atoms with van der Waals surface area (Å²) in [5.74, 6) is 0.160. The predicted octanol–water partition coefficient (Wildman–Crippen LogP) is 5.40. The molecule has 3 nitrogen and oxygen atoms in total. The van der Waals surface area contributed by atoms with Crippen LogP contribution in [0.4, 0.5) is 4.39 Å². The summed E-state index contributed by atoms with van der Waals surface area (Å²) in [5, 5.41) is 5.82. The molecule has 0 fully saturated rings. The first-order chi connectivity index (χ1) is 13.0. The number of hydrogen-bond donors (Lipinski definition) is 1. The van der Waals surface area contributed by atoms with Crippen LogP contribution in [0.1, 0.15) is 37.6 Å². The molecule has 1 heterocycles. The van der Waals surface area contributed by atoms with Crippen molar-refractivity contribution in [2.24, 2.45) is 5.92 Å². The van der Waals surface area contributed by atoms with E-state index in [1.807, 2.05) is 35.7 Å². The first-order valence-electron chi connectivity index (χ1n) is 9.06. The zero-order valence-corrected chi connectivity index (χ0v) is 16.3. The largest absolute Gasteiger partial charge is 0.349 e. The van der Waals surface area contributed by atoms with Crippen molar-refractivity contribution in [1.29, 1.82) is 0 Å². The molecular weight excluding hydrogens is 359 g/mol. The van der Waals surface area contributed by atoms with Crippen molar-refractivity contribution in [2.45, 2.75) is 32.7 Å². The molecule has 3 aromatic rings. The normalized spacial score (nSPS) is 12.1. The number of nitrogens with one attached hydrogen (secondary N) is 1. The minimum atomic E-state index is -0.271. The van der Waals surface area contributed by atoms with E-state index < -0.39 is 0 Å². The number of aromatic nitrogens is 1. The van der Waals surface area contributed by atoms with E-state index >= 15 is 0 Å². The smallest absolute Gasteiger partial charge is 0.226 e. The molecule has 1 atom stereocenters. The number of amides is 1. The van der Waals surface area contributed by atoms with Crippen LogP contribution >= 0.6 is 11.3 Å². The van der Waals surface area contributed by atoms with Crippen molar-refractivity contribution in [1.82, 2.24) is 10.3 Å². The van der Waals surface area contributed by atoms with E-state index in [1.54, 1.807) is 12.1 Å². The Kier molecular flexibility index (Phi) is 6.35. The summed E-state index contributed by atoms with van der Waals surface area (Å²) in [6.07, 6.45) is 1.12. The number of thiazole rings is 1. The third kappa shape index (κ3) is 5.47. The fourth-order valence-corrected chi connectivity index (χ4v) is 3.78. The molecule has 0 bridgehead atoms. The molecule has 0 radical (unpaired) electrons. The first-order valence-corrected chi connectivity index (χ1v) is 9.94. The number of carbonyl (C=O) groups is 1. The van der Waals surface area contributed by atoms with E-state index in [-0.39, 0.29) is 24.2 Å². The fourth-order valence-electron chi connectivity index (χ4n) is 2.96. The zero-order valence-electron chi connectivity index (χ0n) is 15.5. The van der Waals surface area contributed by atoms with Crippen LogP contribution in [0.2, 0.25) is 0 Å². The number of rotatable bonds is 7. The summed E-state index contributed by atoms with van der Waals surface area (Å²) in [5.41, 5.74) is 2.70. The number of hydrogen-bond acceptors (Lipinski definition) is 3. The van der Waals surface area contributed by atoms with Crippen LogP contribution in [-0.2, 0) is 11.2 Å². The average molecular weight is 383 g/mol. The van der Waals surface area contributed by atoms with E-state index in [0.29, 0.717) is 5.92 Å². The lowest BCUT2D eigenvalue weighted by atomic mass is 9.97. The highest BCUT2D eigenvalue weighted by atomic mass is 32.1. The molecule has 1 aromatic heterocycles. The molecule has 1 amide bonds. The van der Waals surface area contributed by atoms with E-state index in [0.717, 1.165) is 28.2 Å². The highest BCUT2D eigenvalue weighted by Gasteiger charge is 2.17. The molecule has 1 N–H and O–H groups in total. The zero-order chi connectivity index (χ0) is 19.2. The van der Waals surface area contributed by atoms with Crippen LogP contribution in [0.3, 0.4) is 0 Å². The highest BCUT2D eigenvalue weighted by Crippen LogP contribution is 2.25. The summed E-state index contributed by atoms with van der Waals surface area (Å²) in [4.78, 5) is 17.1. The molecule has 0 saturated heterocycles. The van der Waals surface area contributed by atoms with Gasteiger partial charge >= 0.3 is 0 Å². The van der Waals surface area contributed by atoms with Gasteiger partial charge < -0.3 is 5.32 Å². The van der Waals surface area contributed by atoms with E-state index in [2.05, 4.69) is 24.1 Å². The molecule has 140 valence electrons. The standard InChI is InChI=1S/C22H23FN2OS/c1-15(2)12-20(16-6-4-3-5-7-16)25-21(26)13-19-14-27-22(24-19)17-8-10-18(23)11-9-17/h3-11,14-15,20H,12-13H2,1-2H3,(H,25,26). The van der Waals surface area contributed by atoms with Crippen LogP contribution in [-0.4, -0.2) is 10.9 Å². The average Bonchev–Trinajstić information content (AvgIpc) is 3.10. The number of benzene rings is 2. The summed E-state index contributed by atoms with van der Waals surface area (Å²) in [6.45, 7) is 4.30. The Morgan fingerprint density at radius 1 is 1.11 bits per heavy atom. The van der Waals surface area contributed by atoms with Gasteiger partial charge in [-0.2, -0.15) is 0 Å². The summed E-state index contributed by atoms with van der Waals surface area (Å²) in [7, 11) is 0. The van der Waals surface area contributed by atoms with Crippen LogP contribution < -0.4 is 5.32 Å². The lowest BCUT2D eigenvalue weighted by Crippen LogP contribution is -2.30. The molecule has 27 heavy (non-hydrogen) atoms. The van der Waals surface area contributed by atoms with E-state index in [4.69, 9.17) is 0 Å². The van der Waals surface area contributed by atoms with Gasteiger partial charge in [0.2, 0.25) is 5.91 Å². The Morgan fingerprint density at radius 3 is 2.48 bits per heavy atom. The highest BCUT2D eigenvalue weighted by molar-refractivity contribution is 7.13. The Hall–Kier alpha value is -2.53. The van der Waals surface area contributed by atoms with E-state index in [9.17, 15) is 9.18 Å². The van der Waals surface area contributed by atoms with Gasteiger partial charge in [0, 0.05) is 10.9 Å². The molecule has 2 aromatic carbocycles. The monoisotopic (exact) mass is 382 g/mol. The van der Waals surface area contributed by atoms with Crippen molar-refractivity contribution < 1.29 is 9.18 Å². The van der Waals surface area contributed by atoms with Crippen molar-refractivity contribution in [2.75, 3.05) is 0 Å². The first kappa shape index (κ1) is 19.2. The molecule has 0 spiro atoms. The maximum absolute atomic E-state index is 13.1. The van der Waals surface area contributed by atoms with Crippen molar-refractivity contribution in [3.8, 4) is 10.6 Å². The third-order valence-corrected chi connectivity index (χ3v) is 5.17. The van der Waals surface area contributed by atoms with Gasteiger partial charge in [0.15, 0.2) is 0 Å². The predicted molar refractivity (Wildman–Crippen MR) is 108 cm³/mol. The van der Waals surface area contributed by atoms with E-state index in [1.165, 1.54) is 23.5 Å². The van der Waals surface area contributed by atoms with Crippen LogP contribution in [0.25, 0.3) is 10.6 Å². The van der Waals surface area contributed by atoms with Crippen LogP contribution in [0.15, 0.2) is 60.0 Å². The molecule has 3 rings (SSSR count). The van der Waals surface area contributed by atoms with Crippen LogP contribution in [0, 0.1) is 11.7 Å². The minimum absolute atomic E-state index is 0.00564. The number of carbonyl (C=O) groups excluding carboxylic acids is 1. The lowest BCUT2D eigenvalue weighted by molar-refractivity contribution is -0.121. The second kappa shape index (κ2) is 8.91. The Labute approximate surface area is 163 Å². The molecule has 0 aliphatic carbocycles. The number of halogens is 1. The summed E-state index contributed by atoms with van der Waals surface area (Å²) < 4.78 is 13.1. The number of nitrogens with zero attached hydrogens (tertiary/aromatic N) is 1. The van der Waals surface area contributed by atoms with Gasteiger partial charge in [-0.15, -0.1) is 11.3 Å². The Bertz CT molecular complexity index is 875. The lowest BCUT2D eigenvalue weighted by Gasteiger charge is -2.21. The molecule has 0 aliphatic heterocycles. The van der Waals surface area contributed by atoms with Gasteiger partial charge in [-0.25, -0.2) is 9.37 Å². The third-order valence-electron chi connectivity index (χ3n) is 4.23. The van der Waals surface area contributed by atoms with Gasteiger partial charge in [-0.3, -0.25) is 4.79 Å². The van der Waals surface area contributed by atoms with Gasteiger partial charge in [0.05, 0.1) is 18.2 Å². The van der Waals surface area contributed by atoms with Crippen molar-refractivity contribution in [3.05, 3.63) is 77.1 Å². The van der Waals surface area contributed by atoms with Gasteiger partial charge in [-0.05, 0) is 42.2 Å². The maximum Gasteiger partial charge on any atom is 0.226 e. The van der Waals surface area contributed by atoms with Gasteiger partial charge in [0.1, 0.15) is 10.8 Å². The summed E-state index contributed by atoms with van der Waals surface area (Å²) in [6, 6.07) is 16.3. The fraction of sp³-hybridized carbons (Fsp3) is 0.273. The van der Waals surface area contributed by atoms with Crippen molar-refractivity contribution in [3.63, 3.8) is 0 Å². The van der Waals surface area contributed by atoms with Crippen molar-refractivity contribution >= 4 is 17.2 Å². The Balaban J connectivity index is 1.66. The minimum Gasteiger partial charge on any atom is -0.349 e. The Morgan fingerprint density at radius 2 is 1.81 bits per heavy atom. The van der Waals surface area contributed by atoms with Gasteiger partial charge in [-0.1, -0.05) is 44.2 Å². The maximum atomic E-state index is 13.1. The molecular formula is C22H23FN2OS. The molecule has 5 heteroatoms. The SMILES string of the molecule is CC(C)CC(NC(=O)Cc1csc(-c2ccc(F)cc2)n1)c1ccccc1. The molecule has 1 unspecified atom stereocenters. The second-order valence-electron chi connectivity index (χ2n) is 6.99. The van der Waals surface area contributed by atoms with Gasteiger partial charge in [0.25, 0.3) is 0 Å². The molecule has 0 saturated carbocycles. The summed E-state index contributed by atoms with van der Waals surface area (Å²) >= 11 is 1.46. The quantitative estimate of drug-likeness (QED) is 0.595. The second-order valence-corrected chi connectivity index (χ2v) is 7.85.